The fourth-order valence-electron chi connectivity index (χ4n) is 1.66. The molecular formula is C10H10ClNO2. The predicted octanol–water partition coefficient (Wildman–Crippen LogP) is 2.00. The molecule has 0 unspecified atom stereocenters. The molecule has 0 spiro atoms. The van der Waals surface area contributed by atoms with E-state index in [4.69, 9.17) is 11.6 Å². The van der Waals surface area contributed by atoms with E-state index in [2.05, 4.69) is 5.32 Å². The Labute approximate surface area is 86.7 Å². The number of phenols is 1. The second-order valence-electron chi connectivity index (χ2n) is 3.34. The van der Waals surface area contributed by atoms with Crippen LogP contribution >= 0.6 is 11.6 Å². The van der Waals surface area contributed by atoms with Gasteiger partial charge in [0.1, 0.15) is 5.75 Å². The van der Waals surface area contributed by atoms with Crippen molar-refractivity contribution in [3.63, 3.8) is 0 Å². The van der Waals surface area contributed by atoms with Gasteiger partial charge in [-0.15, -0.1) is 0 Å². The van der Waals surface area contributed by atoms with Crippen molar-refractivity contribution in [2.75, 3.05) is 0 Å². The molecule has 1 fully saturated rings. The van der Waals surface area contributed by atoms with Crippen molar-refractivity contribution >= 4 is 17.5 Å². The van der Waals surface area contributed by atoms with Gasteiger partial charge in [0, 0.05) is 12.0 Å². The third kappa shape index (κ3) is 1.55. The smallest absolute Gasteiger partial charge is 0.220 e. The number of hydrogen-bond acceptors (Lipinski definition) is 2. The maximum atomic E-state index is 11.0. The zero-order valence-electron chi connectivity index (χ0n) is 7.46. The number of benzene rings is 1. The summed E-state index contributed by atoms with van der Waals surface area (Å²) in [4.78, 5) is 11.0. The van der Waals surface area contributed by atoms with Gasteiger partial charge >= 0.3 is 0 Å². The normalized spacial score (nSPS) is 20.9. The molecule has 1 heterocycles. The average molecular weight is 212 g/mol. The van der Waals surface area contributed by atoms with Gasteiger partial charge in [-0.05, 0) is 12.5 Å². The van der Waals surface area contributed by atoms with E-state index in [-0.39, 0.29) is 17.7 Å². The van der Waals surface area contributed by atoms with E-state index in [1.54, 1.807) is 18.2 Å². The van der Waals surface area contributed by atoms with Crippen molar-refractivity contribution in [2.24, 2.45) is 0 Å². The Morgan fingerprint density at radius 1 is 1.50 bits per heavy atom. The van der Waals surface area contributed by atoms with E-state index in [1.807, 2.05) is 0 Å². The van der Waals surface area contributed by atoms with Crippen molar-refractivity contribution in [2.45, 2.75) is 18.9 Å². The van der Waals surface area contributed by atoms with Gasteiger partial charge in [-0.2, -0.15) is 0 Å². The van der Waals surface area contributed by atoms with Crippen molar-refractivity contribution in [1.82, 2.24) is 5.32 Å². The number of halogens is 1. The van der Waals surface area contributed by atoms with E-state index < -0.39 is 0 Å². The number of aromatic hydroxyl groups is 1. The Morgan fingerprint density at radius 3 is 2.93 bits per heavy atom. The monoisotopic (exact) mass is 211 g/mol. The first kappa shape index (κ1) is 9.34. The summed E-state index contributed by atoms with van der Waals surface area (Å²) in [6.45, 7) is 0. The van der Waals surface area contributed by atoms with Crippen LogP contribution in [0.2, 0.25) is 5.02 Å². The van der Waals surface area contributed by atoms with Gasteiger partial charge in [-0.3, -0.25) is 4.79 Å². The molecule has 74 valence electrons. The Balaban J connectivity index is 2.32. The van der Waals surface area contributed by atoms with E-state index in [0.29, 0.717) is 23.4 Å². The number of carbonyl (C=O) groups excluding carboxylic acids is 1. The third-order valence-corrected chi connectivity index (χ3v) is 2.69. The lowest BCUT2D eigenvalue weighted by Crippen LogP contribution is -2.18. The fraction of sp³-hybridized carbons (Fsp3) is 0.300. The summed E-state index contributed by atoms with van der Waals surface area (Å²) in [5.74, 6) is 0.0933. The molecule has 1 aliphatic rings. The fourth-order valence-corrected chi connectivity index (χ4v) is 1.84. The molecule has 4 heteroatoms. The Hall–Kier alpha value is -1.22. The van der Waals surface area contributed by atoms with Crippen LogP contribution in [0.15, 0.2) is 18.2 Å². The molecule has 2 rings (SSSR count). The van der Waals surface area contributed by atoms with Crippen LogP contribution in [-0.4, -0.2) is 11.0 Å². The van der Waals surface area contributed by atoms with Crippen LogP contribution in [0.3, 0.4) is 0 Å². The van der Waals surface area contributed by atoms with Crippen LogP contribution < -0.4 is 5.32 Å². The Morgan fingerprint density at radius 2 is 2.29 bits per heavy atom. The zero-order valence-corrected chi connectivity index (χ0v) is 8.21. The number of phenolic OH excluding ortho intramolecular Hbond substituents is 1. The highest BCUT2D eigenvalue weighted by molar-refractivity contribution is 6.32. The summed E-state index contributed by atoms with van der Waals surface area (Å²) >= 11 is 5.77. The standard InChI is InChI=1S/C10H10ClNO2/c11-7-3-1-2-6(10(7)14)8-4-5-9(13)12-8/h1-3,8,14H,4-5H2,(H,12,13)/t8-/m0/s1. The van der Waals surface area contributed by atoms with Gasteiger partial charge < -0.3 is 10.4 Å². The van der Waals surface area contributed by atoms with Crippen LogP contribution in [-0.2, 0) is 4.79 Å². The third-order valence-electron chi connectivity index (χ3n) is 2.39. The molecule has 0 bridgehead atoms. The summed E-state index contributed by atoms with van der Waals surface area (Å²) in [5.41, 5.74) is 0.698. The molecule has 1 aromatic carbocycles. The predicted molar refractivity (Wildman–Crippen MR) is 53.2 cm³/mol. The number of carbonyl (C=O) groups is 1. The van der Waals surface area contributed by atoms with Gasteiger partial charge in [-0.1, -0.05) is 23.7 Å². The second-order valence-corrected chi connectivity index (χ2v) is 3.74. The Kier molecular flexibility index (Phi) is 2.33. The highest BCUT2D eigenvalue weighted by atomic mass is 35.5. The van der Waals surface area contributed by atoms with Crippen LogP contribution in [0.5, 0.6) is 5.75 Å². The summed E-state index contributed by atoms with van der Waals surface area (Å²) in [5, 5.41) is 12.8. The lowest BCUT2D eigenvalue weighted by molar-refractivity contribution is -0.119. The molecule has 1 amide bonds. The molecule has 1 aliphatic heterocycles. The first-order valence-electron chi connectivity index (χ1n) is 4.45. The number of hydrogen-bond donors (Lipinski definition) is 2. The van der Waals surface area contributed by atoms with Crippen LogP contribution in [0.25, 0.3) is 0 Å². The van der Waals surface area contributed by atoms with Crippen molar-refractivity contribution < 1.29 is 9.90 Å². The van der Waals surface area contributed by atoms with Crippen LogP contribution in [0, 0.1) is 0 Å². The molecule has 0 aromatic heterocycles. The number of nitrogens with one attached hydrogen (secondary N) is 1. The molecule has 1 saturated heterocycles. The van der Waals surface area contributed by atoms with Crippen LogP contribution in [0.1, 0.15) is 24.4 Å². The van der Waals surface area contributed by atoms with Gasteiger partial charge in [-0.25, -0.2) is 0 Å². The Bertz CT molecular complexity index is 378. The summed E-state index contributed by atoms with van der Waals surface area (Å²) in [6.07, 6.45) is 1.23. The minimum Gasteiger partial charge on any atom is -0.506 e. The first-order valence-corrected chi connectivity index (χ1v) is 4.83. The SMILES string of the molecule is O=C1CC[C@@H](c2cccc(Cl)c2O)N1. The summed E-state index contributed by atoms with van der Waals surface area (Å²) in [6, 6.07) is 5.07. The topological polar surface area (TPSA) is 49.3 Å². The lowest BCUT2D eigenvalue weighted by Gasteiger charge is -2.12. The molecule has 1 aromatic rings. The maximum absolute atomic E-state index is 11.0. The maximum Gasteiger partial charge on any atom is 0.220 e. The van der Waals surface area contributed by atoms with Gasteiger partial charge in [0.15, 0.2) is 0 Å². The van der Waals surface area contributed by atoms with Gasteiger partial charge in [0.25, 0.3) is 0 Å². The number of amides is 1. The van der Waals surface area contributed by atoms with E-state index in [1.165, 1.54) is 0 Å². The van der Waals surface area contributed by atoms with Gasteiger partial charge in [0.2, 0.25) is 5.91 Å². The summed E-state index contributed by atoms with van der Waals surface area (Å²) in [7, 11) is 0. The highest BCUT2D eigenvalue weighted by Crippen LogP contribution is 2.34. The minimum atomic E-state index is -0.0961. The number of rotatable bonds is 1. The molecular weight excluding hydrogens is 202 g/mol. The number of para-hydroxylation sites is 1. The minimum absolute atomic E-state index is 0.0226. The average Bonchev–Trinajstić information content (AvgIpc) is 2.57. The van der Waals surface area contributed by atoms with E-state index in [0.717, 1.165) is 0 Å². The van der Waals surface area contributed by atoms with Crippen LogP contribution in [0.4, 0.5) is 0 Å². The molecule has 0 saturated carbocycles. The second kappa shape index (κ2) is 3.50. The summed E-state index contributed by atoms with van der Waals surface area (Å²) < 4.78 is 0. The quantitative estimate of drug-likeness (QED) is 0.747. The largest absolute Gasteiger partial charge is 0.506 e. The van der Waals surface area contributed by atoms with E-state index >= 15 is 0 Å². The lowest BCUT2D eigenvalue weighted by atomic mass is 10.0. The molecule has 14 heavy (non-hydrogen) atoms. The van der Waals surface area contributed by atoms with Crippen molar-refractivity contribution in [1.29, 1.82) is 0 Å². The molecule has 2 N–H and O–H groups in total. The van der Waals surface area contributed by atoms with Gasteiger partial charge in [0.05, 0.1) is 11.1 Å². The van der Waals surface area contributed by atoms with Crippen molar-refractivity contribution in [3.8, 4) is 5.75 Å². The molecule has 0 aliphatic carbocycles. The highest BCUT2D eigenvalue weighted by Gasteiger charge is 2.24. The molecule has 1 atom stereocenters. The molecule has 0 radical (unpaired) electrons. The molecule has 3 nitrogen and oxygen atoms in total. The van der Waals surface area contributed by atoms with Crippen molar-refractivity contribution in [3.05, 3.63) is 28.8 Å². The zero-order chi connectivity index (χ0) is 10.1. The van der Waals surface area contributed by atoms with E-state index in [9.17, 15) is 9.90 Å². The first-order chi connectivity index (χ1) is 6.68.